The quantitative estimate of drug-likeness (QED) is 0.384. The molecule has 31 heavy (non-hydrogen) atoms. The van der Waals surface area contributed by atoms with Crippen LogP contribution >= 0.6 is 12.2 Å². The number of H-pyrrole nitrogens is 1. The first-order valence-corrected chi connectivity index (χ1v) is 10.9. The van der Waals surface area contributed by atoms with Crippen molar-refractivity contribution in [3.8, 4) is 5.75 Å². The molecular weight excluding hydrogens is 404 g/mol. The number of fused-ring (bicyclic) bond motifs is 4. The summed E-state index contributed by atoms with van der Waals surface area (Å²) in [7, 11) is 0. The fraction of sp³-hybridized carbons (Fsp3) is 0.160. The summed E-state index contributed by atoms with van der Waals surface area (Å²) in [6.45, 7) is 1.79. The van der Waals surface area contributed by atoms with Crippen molar-refractivity contribution in [1.29, 1.82) is 0 Å². The van der Waals surface area contributed by atoms with Gasteiger partial charge in [-0.25, -0.2) is 9.97 Å². The van der Waals surface area contributed by atoms with E-state index >= 15 is 0 Å². The van der Waals surface area contributed by atoms with Crippen LogP contribution < -0.4 is 4.74 Å². The Hall–Kier alpha value is -3.51. The van der Waals surface area contributed by atoms with Gasteiger partial charge in [-0.05, 0) is 42.4 Å². The third-order valence-electron chi connectivity index (χ3n) is 5.99. The molecule has 2 aromatic heterocycles. The van der Waals surface area contributed by atoms with Gasteiger partial charge in [-0.1, -0.05) is 48.5 Å². The van der Waals surface area contributed by atoms with E-state index in [1.165, 1.54) is 5.56 Å². The minimum atomic E-state index is 0.486. The van der Waals surface area contributed by atoms with Gasteiger partial charge in [-0.2, -0.15) is 0 Å². The van der Waals surface area contributed by atoms with Gasteiger partial charge in [0, 0.05) is 36.0 Å². The average molecular weight is 425 g/mol. The first kappa shape index (κ1) is 18.3. The van der Waals surface area contributed by atoms with Crippen LogP contribution in [0, 0.1) is 0 Å². The molecule has 152 valence electrons. The van der Waals surface area contributed by atoms with E-state index in [0.717, 1.165) is 52.6 Å². The molecule has 1 saturated heterocycles. The highest BCUT2D eigenvalue weighted by Gasteiger charge is 2.26. The first-order chi connectivity index (χ1) is 15.2. The van der Waals surface area contributed by atoms with Crippen molar-refractivity contribution >= 4 is 50.5 Å². The number of hydrogen-bond donors (Lipinski definition) is 1. The molecule has 6 heteroatoms. The molecule has 3 aromatic carbocycles. The molecule has 0 bridgehead atoms. The van der Waals surface area contributed by atoms with Gasteiger partial charge in [-0.15, -0.1) is 0 Å². The summed E-state index contributed by atoms with van der Waals surface area (Å²) in [5.41, 5.74) is 5.67. The highest BCUT2D eigenvalue weighted by atomic mass is 32.1. The number of aromatic nitrogens is 3. The van der Waals surface area contributed by atoms with Crippen molar-refractivity contribution in [2.45, 2.75) is 12.3 Å². The number of hydrogen-bond acceptors (Lipinski definition) is 4. The summed E-state index contributed by atoms with van der Waals surface area (Å²) in [6.07, 6.45) is 1.08. The number of nitrogens with one attached hydrogen (secondary N) is 1. The van der Waals surface area contributed by atoms with Crippen molar-refractivity contribution < 1.29 is 4.74 Å². The molecule has 5 nitrogen and oxygen atoms in total. The van der Waals surface area contributed by atoms with E-state index in [2.05, 4.69) is 46.3 Å². The number of thiocarbonyl (C=S) groups is 1. The number of aromatic amines is 1. The number of rotatable bonds is 2. The van der Waals surface area contributed by atoms with Crippen molar-refractivity contribution in [2.24, 2.45) is 0 Å². The third kappa shape index (κ3) is 3.29. The van der Waals surface area contributed by atoms with Crippen molar-refractivity contribution in [3.63, 3.8) is 0 Å². The van der Waals surface area contributed by atoms with Gasteiger partial charge in [0.1, 0.15) is 11.3 Å². The van der Waals surface area contributed by atoms with E-state index in [4.69, 9.17) is 26.9 Å². The van der Waals surface area contributed by atoms with Gasteiger partial charge in [0.2, 0.25) is 0 Å². The maximum absolute atomic E-state index is 6.05. The maximum Gasteiger partial charge on any atom is 0.264 e. The summed E-state index contributed by atoms with van der Waals surface area (Å²) in [6, 6.07) is 24.5. The Labute approximate surface area is 184 Å². The van der Waals surface area contributed by atoms with Crippen LogP contribution in [0.25, 0.3) is 33.1 Å². The fourth-order valence-corrected chi connectivity index (χ4v) is 4.65. The zero-order valence-corrected chi connectivity index (χ0v) is 17.6. The molecule has 1 atom stereocenters. The molecule has 0 radical (unpaired) electrons. The normalized spacial score (nSPS) is 16.4. The topological polar surface area (TPSA) is 54.0 Å². The van der Waals surface area contributed by atoms with Gasteiger partial charge < -0.3 is 14.6 Å². The van der Waals surface area contributed by atoms with Gasteiger partial charge >= 0.3 is 0 Å². The molecule has 1 aliphatic rings. The molecule has 6 rings (SSSR count). The summed E-state index contributed by atoms with van der Waals surface area (Å²) >= 11 is 5.61. The lowest BCUT2D eigenvalue weighted by Crippen LogP contribution is -2.31. The van der Waals surface area contributed by atoms with Crippen LogP contribution in [-0.4, -0.2) is 38.1 Å². The molecule has 1 unspecified atom stereocenters. The van der Waals surface area contributed by atoms with Gasteiger partial charge in [0.25, 0.3) is 5.17 Å². The lowest BCUT2D eigenvalue weighted by Gasteiger charge is -2.19. The maximum atomic E-state index is 6.05. The summed E-state index contributed by atoms with van der Waals surface area (Å²) < 4.78 is 6.05. The van der Waals surface area contributed by atoms with E-state index in [1.807, 2.05) is 36.4 Å². The van der Waals surface area contributed by atoms with E-state index in [0.29, 0.717) is 16.8 Å². The van der Waals surface area contributed by atoms with Crippen molar-refractivity contribution in [3.05, 3.63) is 78.4 Å². The molecule has 0 aliphatic carbocycles. The summed E-state index contributed by atoms with van der Waals surface area (Å²) in [5, 5.41) is 1.58. The zero-order chi connectivity index (χ0) is 20.8. The minimum absolute atomic E-state index is 0.486. The second kappa shape index (κ2) is 7.32. The molecule has 5 aromatic rings. The van der Waals surface area contributed by atoms with Crippen molar-refractivity contribution in [1.82, 2.24) is 19.9 Å². The number of ether oxygens (including phenoxy) is 1. The smallest absolute Gasteiger partial charge is 0.264 e. The molecule has 0 amide bonds. The summed E-state index contributed by atoms with van der Waals surface area (Å²) in [5.74, 6) is 1.18. The monoisotopic (exact) mass is 424 g/mol. The van der Waals surface area contributed by atoms with Crippen LogP contribution in [0.3, 0.4) is 0 Å². The molecule has 1 N–H and O–H groups in total. The number of benzene rings is 3. The van der Waals surface area contributed by atoms with Crippen molar-refractivity contribution in [2.75, 3.05) is 13.1 Å². The standard InChI is InChI=1S/C25H20N4OS/c31-25(29-13-12-17(15-29)16-6-2-1-3-7-16)30-18-10-11-21-22(14-18)26-23-19-8-4-5-9-20(19)27-24(23)28-21/h1-11,14,17H,12-13,15H2,(H,27,28). The van der Waals surface area contributed by atoms with Crippen LogP contribution in [0.4, 0.5) is 0 Å². The molecule has 1 fully saturated rings. The second-order valence-electron chi connectivity index (χ2n) is 7.95. The lowest BCUT2D eigenvalue weighted by atomic mass is 9.99. The van der Waals surface area contributed by atoms with Crippen LogP contribution in [0.1, 0.15) is 17.9 Å². The summed E-state index contributed by atoms with van der Waals surface area (Å²) in [4.78, 5) is 15.1. The molecule has 0 spiro atoms. The fourth-order valence-electron chi connectivity index (χ4n) is 4.39. The number of para-hydroxylation sites is 1. The number of nitrogens with zero attached hydrogens (tertiary/aromatic N) is 3. The molecule has 1 aliphatic heterocycles. The Morgan fingerprint density at radius 3 is 2.71 bits per heavy atom. The molecular formula is C25H20N4OS. The number of likely N-dealkylation sites (tertiary alicyclic amines) is 1. The highest BCUT2D eigenvalue weighted by Crippen LogP contribution is 2.29. The SMILES string of the molecule is S=C(Oc1ccc2nc3[nH]c4ccccc4c3nc2c1)N1CCC(c2ccccc2)C1. The predicted molar refractivity (Wildman–Crippen MR) is 127 cm³/mol. The third-order valence-corrected chi connectivity index (χ3v) is 6.34. The Bertz CT molecular complexity index is 1430. The highest BCUT2D eigenvalue weighted by molar-refractivity contribution is 7.80. The van der Waals surface area contributed by atoms with Crippen LogP contribution in [0.15, 0.2) is 72.8 Å². The van der Waals surface area contributed by atoms with E-state index in [1.54, 1.807) is 0 Å². The largest absolute Gasteiger partial charge is 0.432 e. The Balaban J connectivity index is 1.25. The van der Waals surface area contributed by atoms with Crippen LogP contribution in [-0.2, 0) is 0 Å². The second-order valence-corrected chi connectivity index (χ2v) is 8.30. The lowest BCUT2D eigenvalue weighted by molar-refractivity contribution is 0.403. The predicted octanol–water partition coefficient (Wildman–Crippen LogP) is 5.42. The molecule has 0 saturated carbocycles. The Kier molecular flexibility index (Phi) is 4.32. The average Bonchev–Trinajstić information content (AvgIpc) is 3.43. The van der Waals surface area contributed by atoms with Gasteiger partial charge in [-0.3, -0.25) is 0 Å². The van der Waals surface area contributed by atoms with E-state index < -0.39 is 0 Å². The first-order valence-electron chi connectivity index (χ1n) is 10.4. The van der Waals surface area contributed by atoms with E-state index in [-0.39, 0.29) is 0 Å². The van der Waals surface area contributed by atoms with Crippen LogP contribution in [0.5, 0.6) is 5.75 Å². The van der Waals surface area contributed by atoms with Gasteiger partial charge in [0.15, 0.2) is 5.65 Å². The molecule has 3 heterocycles. The van der Waals surface area contributed by atoms with Gasteiger partial charge in [0.05, 0.1) is 11.0 Å². The minimum Gasteiger partial charge on any atom is -0.432 e. The van der Waals surface area contributed by atoms with E-state index in [9.17, 15) is 0 Å². The Morgan fingerprint density at radius 1 is 0.968 bits per heavy atom. The Morgan fingerprint density at radius 2 is 1.81 bits per heavy atom. The van der Waals surface area contributed by atoms with Crippen LogP contribution in [0.2, 0.25) is 0 Å². The zero-order valence-electron chi connectivity index (χ0n) is 16.8.